The molecule has 2 atom stereocenters. The van der Waals surface area contributed by atoms with Crippen molar-refractivity contribution in [2.75, 3.05) is 39.5 Å². The summed E-state index contributed by atoms with van der Waals surface area (Å²) < 4.78 is 20.9. The zero-order valence-electron chi connectivity index (χ0n) is 25.7. The molecule has 1 aromatic carbocycles. The molecule has 228 valence electrons. The van der Waals surface area contributed by atoms with E-state index in [1.165, 1.54) is 37.2 Å². The van der Waals surface area contributed by atoms with Crippen molar-refractivity contribution in [3.8, 4) is 17.3 Å². The molecule has 5 rings (SSSR count). The molecular weight excluding hydrogens is 578 g/mol. The number of allylic oxidation sites excluding steroid dienone is 1. The summed E-state index contributed by atoms with van der Waals surface area (Å²) in [5.41, 5.74) is 10.7. The van der Waals surface area contributed by atoms with E-state index < -0.39 is 5.82 Å². The van der Waals surface area contributed by atoms with E-state index in [0.29, 0.717) is 46.7 Å². The molecule has 0 radical (unpaired) electrons. The maximum Gasteiger partial charge on any atom is 0.155 e. The molecule has 7 nitrogen and oxygen atoms in total. The average molecular weight is 621 g/mol. The molecule has 2 N–H and O–H groups in total. The summed E-state index contributed by atoms with van der Waals surface area (Å²) in [6.45, 7) is 12.6. The molecule has 0 spiro atoms. The minimum absolute atomic E-state index is 0.278. The number of hydrogen-bond acceptors (Lipinski definition) is 7. The number of thioether (sulfide) groups is 1. The monoisotopic (exact) mass is 620 g/mol. The van der Waals surface area contributed by atoms with E-state index in [2.05, 4.69) is 64.6 Å². The van der Waals surface area contributed by atoms with Crippen LogP contribution < -0.4 is 21.5 Å². The van der Waals surface area contributed by atoms with Gasteiger partial charge in [-0.1, -0.05) is 32.8 Å². The minimum Gasteiger partial charge on any atom is -0.400 e. The maximum absolute atomic E-state index is 14.9. The van der Waals surface area contributed by atoms with E-state index >= 15 is 0 Å². The number of nitriles is 1. The highest BCUT2D eigenvalue weighted by Gasteiger charge is 2.31. The number of fused-ring (bicyclic) bond motifs is 2. The van der Waals surface area contributed by atoms with Crippen LogP contribution in [0, 0.1) is 29.0 Å². The summed E-state index contributed by atoms with van der Waals surface area (Å²) in [5.74, 6) is 2.31. The Bertz CT molecular complexity index is 1630. The van der Waals surface area contributed by atoms with Gasteiger partial charge in [0.05, 0.1) is 35.6 Å². The van der Waals surface area contributed by atoms with Crippen LogP contribution in [0.3, 0.4) is 0 Å². The van der Waals surface area contributed by atoms with Gasteiger partial charge in [0.25, 0.3) is 0 Å². The van der Waals surface area contributed by atoms with E-state index in [-0.39, 0.29) is 5.57 Å². The van der Waals surface area contributed by atoms with Crippen LogP contribution in [-0.2, 0) is 18.0 Å². The number of amidine groups is 1. The summed E-state index contributed by atoms with van der Waals surface area (Å²) >= 11 is 1.30. The van der Waals surface area contributed by atoms with E-state index in [4.69, 9.17) is 15.5 Å². The van der Waals surface area contributed by atoms with Crippen molar-refractivity contribution in [3.63, 3.8) is 0 Å². The molecule has 1 saturated carbocycles. The molecule has 0 bridgehead atoms. The topological polar surface area (TPSA) is 90.8 Å². The smallest absolute Gasteiger partial charge is 0.155 e. The zero-order chi connectivity index (χ0) is 30.8. The molecule has 2 aromatic rings. The lowest BCUT2D eigenvalue weighted by Crippen LogP contribution is -2.42. The first-order valence-corrected chi connectivity index (χ1v) is 16.6. The van der Waals surface area contributed by atoms with Crippen LogP contribution in [-0.4, -0.2) is 60.1 Å². The van der Waals surface area contributed by atoms with Gasteiger partial charge >= 0.3 is 0 Å². The second-order valence-corrected chi connectivity index (χ2v) is 13.6. The Morgan fingerprint density at radius 3 is 2.72 bits per heavy atom. The number of aromatic nitrogens is 1. The summed E-state index contributed by atoms with van der Waals surface area (Å²) in [4.78, 5) is 14.7. The molecule has 3 heterocycles. The third kappa shape index (κ3) is 6.26. The van der Waals surface area contributed by atoms with Gasteiger partial charge in [-0.2, -0.15) is 5.26 Å². The Kier molecular flexibility index (Phi) is 9.93. The first-order chi connectivity index (χ1) is 20.7. The predicted molar refractivity (Wildman–Crippen MR) is 179 cm³/mol. The normalized spacial score (nSPS) is 18.0. The van der Waals surface area contributed by atoms with Gasteiger partial charge in [-0.05, 0) is 60.9 Å². The van der Waals surface area contributed by atoms with Gasteiger partial charge < -0.3 is 20.3 Å². The van der Waals surface area contributed by atoms with Gasteiger partial charge in [0.15, 0.2) is 5.82 Å². The number of rotatable bonds is 9. The molecule has 1 aromatic heterocycles. The number of ether oxygens (including phenoxy) is 1. The SMILES string of the molecule is C=c1c(P)c(-c2ncc(F)c3c2C(C#N)=C(N)CS3)c2c(/c1=C/N=C(C)N(CCC)CC(CN(C)C)C1CCC1)COC2. The van der Waals surface area contributed by atoms with Crippen molar-refractivity contribution in [1.29, 1.82) is 5.26 Å². The standard InChI is InChI=1S/C33H42FN6OPS/c1-6-10-40(15-22(14-39(4)5)21-8-7-9-21)20(3)37-12-24-19(2)32(42)29(26-17-41-16-25(24)26)31-30-23(11-35)28(36)18-43-33(30)27(34)13-38-31/h12-13,21-22H,2,6-10,14-18,36,42H2,1,3-5H3/b24-12+,37-20?. The van der Waals surface area contributed by atoms with Gasteiger partial charge in [-0.15, -0.1) is 21.0 Å². The second-order valence-electron chi connectivity index (χ2n) is 12.1. The first kappa shape index (κ1) is 31.7. The molecule has 1 fully saturated rings. The van der Waals surface area contributed by atoms with Crippen LogP contribution in [0.1, 0.15) is 56.2 Å². The third-order valence-corrected chi connectivity index (χ3v) is 10.7. The van der Waals surface area contributed by atoms with Crippen molar-refractivity contribution in [2.45, 2.75) is 57.6 Å². The first-order valence-electron chi connectivity index (χ1n) is 15.0. The average Bonchev–Trinajstić information content (AvgIpc) is 3.41. The van der Waals surface area contributed by atoms with Gasteiger partial charge in [0.2, 0.25) is 0 Å². The fraction of sp³-hybridized carbons (Fsp3) is 0.485. The molecule has 3 aliphatic rings. The summed E-state index contributed by atoms with van der Waals surface area (Å²) in [6, 6.07) is 2.20. The molecule has 43 heavy (non-hydrogen) atoms. The molecule has 2 aliphatic heterocycles. The summed E-state index contributed by atoms with van der Waals surface area (Å²) in [5, 5.41) is 12.5. The van der Waals surface area contributed by atoms with Gasteiger partial charge in [-0.3, -0.25) is 4.98 Å². The van der Waals surface area contributed by atoms with E-state index in [0.717, 1.165) is 70.2 Å². The third-order valence-electron chi connectivity index (χ3n) is 8.89. The largest absolute Gasteiger partial charge is 0.400 e. The highest BCUT2D eigenvalue weighted by Crippen LogP contribution is 2.43. The Morgan fingerprint density at radius 1 is 1.33 bits per heavy atom. The van der Waals surface area contributed by atoms with Gasteiger partial charge in [-0.25, -0.2) is 9.38 Å². The lowest BCUT2D eigenvalue weighted by Gasteiger charge is -2.39. The predicted octanol–water partition coefficient (Wildman–Crippen LogP) is 3.97. The number of hydrogen-bond donors (Lipinski definition) is 1. The quantitative estimate of drug-likeness (QED) is 0.258. The summed E-state index contributed by atoms with van der Waals surface area (Å²) in [7, 11) is 7.13. The van der Waals surface area contributed by atoms with Crippen molar-refractivity contribution < 1.29 is 9.13 Å². The zero-order valence-corrected chi connectivity index (χ0v) is 27.6. The Morgan fingerprint density at radius 2 is 2.07 bits per heavy atom. The highest BCUT2D eigenvalue weighted by atomic mass is 32.2. The number of benzene rings is 1. The van der Waals surface area contributed by atoms with Gasteiger partial charge in [0, 0.05) is 53.6 Å². The fourth-order valence-corrected chi connectivity index (χ4v) is 7.86. The molecule has 0 saturated heterocycles. The lowest BCUT2D eigenvalue weighted by molar-refractivity contribution is 0.134. The van der Waals surface area contributed by atoms with Crippen molar-refractivity contribution in [3.05, 3.63) is 44.8 Å². The Hall–Kier alpha value is -2.76. The fourth-order valence-electron chi connectivity index (χ4n) is 6.42. The number of aliphatic imine (C=N–C) groups is 1. The summed E-state index contributed by atoms with van der Waals surface area (Å²) in [6.07, 6.45) is 8.20. The van der Waals surface area contributed by atoms with Crippen LogP contribution in [0.4, 0.5) is 4.39 Å². The highest BCUT2D eigenvalue weighted by molar-refractivity contribution is 7.99. The van der Waals surface area contributed by atoms with Crippen LogP contribution in [0.25, 0.3) is 29.6 Å². The van der Waals surface area contributed by atoms with E-state index in [1.54, 1.807) is 0 Å². The molecular formula is C33H42FN6OPS. The van der Waals surface area contributed by atoms with Crippen LogP contribution in [0.2, 0.25) is 0 Å². The van der Waals surface area contributed by atoms with Crippen LogP contribution >= 0.6 is 21.0 Å². The Labute approximate surface area is 261 Å². The number of nitrogens with two attached hydrogens (primary N) is 1. The second kappa shape index (κ2) is 13.5. The van der Waals surface area contributed by atoms with Crippen molar-refractivity contribution in [2.24, 2.45) is 22.6 Å². The minimum atomic E-state index is -0.450. The maximum atomic E-state index is 14.9. The van der Waals surface area contributed by atoms with E-state index in [9.17, 15) is 9.65 Å². The molecule has 10 heteroatoms. The van der Waals surface area contributed by atoms with Crippen molar-refractivity contribution >= 4 is 50.5 Å². The Balaban J connectivity index is 1.58. The molecule has 2 unspecified atom stereocenters. The van der Waals surface area contributed by atoms with Gasteiger partial charge in [0.1, 0.15) is 11.9 Å². The van der Waals surface area contributed by atoms with Crippen molar-refractivity contribution in [1.82, 2.24) is 14.8 Å². The number of halogens is 1. The van der Waals surface area contributed by atoms with Crippen LogP contribution in [0.15, 0.2) is 21.8 Å². The number of pyridine rings is 1. The van der Waals surface area contributed by atoms with E-state index in [1.807, 2.05) is 6.20 Å². The molecule has 1 aliphatic carbocycles. The van der Waals surface area contributed by atoms with Crippen LogP contribution in [0.5, 0.6) is 0 Å². The molecule has 0 amide bonds. The lowest BCUT2D eigenvalue weighted by atomic mass is 9.75. The number of nitrogens with zero attached hydrogens (tertiary/aromatic N) is 5.